The molecular weight excluding hydrogens is 286 g/mol. The van der Waals surface area contributed by atoms with Gasteiger partial charge in [-0.05, 0) is 61.3 Å². The van der Waals surface area contributed by atoms with Gasteiger partial charge in [0.25, 0.3) is 0 Å². The number of halogens is 1. The zero-order chi connectivity index (χ0) is 14.2. The first kappa shape index (κ1) is 15.6. The quantitative estimate of drug-likeness (QED) is 0.691. The van der Waals surface area contributed by atoms with Crippen LogP contribution in [0.3, 0.4) is 0 Å². The normalized spacial score (nSPS) is 12.5. The van der Waals surface area contributed by atoms with Gasteiger partial charge >= 0.3 is 0 Å². The zero-order valence-electron chi connectivity index (χ0n) is 11.9. The first-order valence-corrected chi connectivity index (χ1v) is 8.52. The van der Waals surface area contributed by atoms with E-state index in [1.165, 1.54) is 16.9 Å². The third-order valence-corrected chi connectivity index (χ3v) is 4.66. The van der Waals surface area contributed by atoms with Crippen LogP contribution in [0.5, 0.6) is 0 Å². The summed E-state index contributed by atoms with van der Waals surface area (Å²) in [5.74, 6) is 0.597. The van der Waals surface area contributed by atoms with Gasteiger partial charge in [0, 0.05) is 9.90 Å². The summed E-state index contributed by atoms with van der Waals surface area (Å²) in [5.41, 5.74) is 1.26. The van der Waals surface area contributed by atoms with E-state index in [0.29, 0.717) is 5.92 Å². The van der Waals surface area contributed by atoms with Crippen molar-refractivity contribution in [3.8, 4) is 0 Å². The lowest BCUT2D eigenvalue weighted by Crippen LogP contribution is -2.26. The summed E-state index contributed by atoms with van der Waals surface area (Å²) in [6.45, 7) is 4.34. The Morgan fingerprint density at radius 1 is 1.15 bits per heavy atom. The van der Waals surface area contributed by atoms with E-state index >= 15 is 0 Å². The number of thiophene rings is 1. The van der Waals surface area contributed by atoms with E-state index < -0.39 is 0 Å². The van der Waals surface area contributed by atoms with Crippen molar-refractivity contribution in [2.45, 2.75) is 26.2 Å². The summed E-state index contributed by atoms with van der Waals surface area (Å²) >= 11 is 8.14. The van der Waals surface area contributed by atoms with Crippen LogP contribution >= 0.6 is 22.9 Å². The number of benzene rings is 1. The van der Waals surface area contributed by atoms with Gasteiger partial charge in [0.15, 0.2) is 0 Å². The summed E-state index contributed by atoms with van der Waals surface area (Å²) in [4.78, 5) is 1.46. The van der Waals surface area contributed by atoms with Crippen molar-refractivity contribution in [3.05, 3.63) is 57.2 Å². The Labute approximate surface area is 131 Å². The van der Waals surface area contributed by atoms with E-state index in [2.05, 4.69) is 41.9 Å². The predicted molar refractivity (Wildman–Crippen MR) is 89.8 cm³/mol. The summed E-state index contributed by atoms with van der Waals surface area (Å²) < 4.78 is 0. The molecule has 2 aromatic rings. The smallest absolute Gasteiger partial charge is 0.0438 e. The fourth-order valence-corrected chi connectivity index (χ4v) is 3.42. The molecule has 1 heterocycles. The highest BCUT2D eigenvalue weighted by Gasteiger charge is 2.13. The second-order valence-corrected chi connectivity index (χ2v) is 6.59. The van der Waals surface area contributed by atoms with E-state index in [9.17, 15) is 0 Å². The molecule has 0 amide bonds. The lowest BCUT2D eigenvalue weighted by molar-refractivity contribution is 0.473. The SMILES string of the molecule is CCCNCC(Cc1cccs1)Cc1ccccc1Cl. The van der Waals surface area contributed by atoms with Crippen molar-refractivity contribution in [3.63, 3.8) is 0 Å². The highest BCUT2D eigenvalue weighted by atomic mass is 35.5. The first-order valence-electron chi connectivity index (χ1n) is 7.26. The Kier molecular flexibility index (Phi) is 6.58. The Balaban J connectivity index is 1.99. The van der Waals surface area contributed by atoms with Gasteiger partial charge in [0.05, 0.1) is 0 Å². The largest absolute Gasteiger partial charge is 0.316 e. The van der Waals surface area contributed by atoms with Crippen LogP contribution in [-0.4, -0.2) is 13.1 Å². The van der Waals surface area contributed by atoms with Crippen molar-refractivity contribution in [1.82, 2.24) is 5.32 Å². The van der Waals surface area contributed by atoms with E-state index in [1.807, 2.05) is 23.5 Å². The second kappa shape index (κ2) is 8.46. The number of hydrogen-bond acceptors (Lipinski definition) is 2. The zero-order valence-corrected chi connectivity index (χ0v) is 13.5. The van der Waals surface area contributed by atoms with Gasteiger partial charge in [0.2, 0.25) is 0 Å². The van der Waals surface area contributed by atoms with E-state index in [4.69, 9.17) is 11.6 Å². The van der Waals surface area contributed by atoms with E-state index in [0.717, 1.165) is 31.0 Å². The summed E-state index contributed by atoms with van der Waals surface area (Å²) in [6.07, 6.45) is 3.34. The van der Waals surface area contributed by atoms with Crippen LogP contribution in [0.15, 0.2) is 41.8 Å². The van der Waals surface area contributed by atoms with Gasteiger partial charge in [-0.1, -0.05) is 42.8 Å². The highest BCUT2D eigenvalue weighted by Crippen LogP contribution is 2.22. The van der Waals surface area contributed by atoms with Crippen LogP contribution in [0.1, 0.15) is 23.8 Å². The molecule has 1 nitrogen and oxygen atoms in total. The van der Waals surface area contributed by atoms with Crippen molar-refractivity contribution in [2.75, 3.05) is 13.1 Å². The molecule has 0 saturated heterocycles. The predicted octanol–water partition coefficient (Wildman–Crippen LogP) is 4.80. The molecule has 2 rings (SSSR count). The number of hydrogen-bond donors (Lipinski definition) is 1. The molecule has 1 atom stereocenters. The maximum atomic E-state index is 6.29. The molecule has 0 aliphatic heterocycles. The monoisotopic (exact) mass is 307 g/mol. The minimum atomic E-state index is 0.597. The van der Waals surface area contributed by atoms with Gasteiger partial charge in [-0.3, -0.25) is 0 Å². The van der Waals surface area contributed by atoms with Gasteiger partial charge in [-0.15, -0.1) is 11.3 Å². The molecule has 0 spiro atoms. The summed E-state index contributed by atoms with van der Waals surface area (Å²) in [6, 6.07) is 12.6. The molecular formula is C17H22ClNS. The molecule has 0 bridgehead atoms. The Bertz CT molecular complexity index is 495. The molecule has 0 radical (unpaired) electrons. The Morgan fingerprint density at radius 2 is 2.00 bits per heavy atom. The molecule has 0 fully saturated rings. The van der Waals surface area contributed by atoms with Crippen LogP contribution in [0, 0.1) is 5.92 Å². The molecule has 3 heteroatoms. The molecule has 0 aliphatic rings. The topological polar surface area (TPSA) is 12.0 Å². The minimum Gasteiger partial charge on any atom is -0.316 e. The third kappa shape index (κ3) is 4.93. The standard InChI is InChI=1S/C17H22ClNS/c1-2-9-19-13-14(12-16-7-5-10-20-16)11-15-6-3-4-8-17(15)18/h3-8,10,14,19H,2,9,11-13H2,1H3. The lowest BCUT2D eigenvalue weighted by Gasteiger charge is -2.18. The number of rotatable bonds is 8. The molecule has 1 N–H and O–H groups in total. The number of nitrogens with one attached hydrogen (secondary N) is 1. The third-order valence-electron chi connectivity index (χ3n) is 3.40. The Hall–Kier alpha value is -0.830. The average molecular weight is 308 g/mol. The molecule has 1 aromatic heterocycles. The van der Waals surface area contributed by atoms with E-state index in [1.54, 1.807) is 0 Å². The van der Waals surface area contributed by atoms with E-state index in [-0.39, 0.29) is 0 Å². The van der Waals surface area contributed by atoms with Crippen molar-refractivity contribution in [1.29, 1.82) is 0 Å². The summed E-state index contributed by atoms with van der Waals surface area (Å²) in [5, 5.41) is 6.59. The molecule has 0 saturated carbocycles. The van der Waals surface area contributed by atoms with Gasteiger partial charge < -0.3 is 5.32 Å². The highest BCUT2D eigenvalue weighted by molar-refractivity contribution is 7.09. The van der Waals surface area contributed by atoms with Crippen LogP contribution in [0.2, 0.25) is 5.02 Å². The first-order chi connectivity index (χ1) is 9.79. The lowest BCUT2D eigenvalue weighted by atomic mass is 9.95. The minimum absolute atomic E-state index is 0.597. The van der Waals surface area contributed by atoms with Crippen molar-refractivity contribution in [2.24, 2.45) is 5.92 Å². The maximum Gasteiger partial charge on any atom is 0.0438 e. The molecule has 20 heavy (non-hydrogen) atoms. The molecule has 1 aromatic carbocycles. The van der Waals surface area contributed by atoms with Crippen molar-refractivity contribution >= 4 is 22.9 Å². The van der Waals surface area contributed by atoms with Gasteiger partial charge in [-0.2, -0.15) is 0 Å². The van der Waals surface area contributed by atoms with Crippen LogP contribution in [-0.2, 0) is 12.8 Å². The molecule has 0 aliphatic carbocycles. The fraction of sp³-hybridized carbons (Fsp3) is 0.412. The average Bonchev–Trinajstić information content (AvgIpc) is 2.94. The van der Waals surface area contributed by atoms with Crippen molar-refractivity contribution < 1.29 is 0 Å². The molecule has 108 valence electrons. The van der Waals surface area contributed by atoms with Gasteiger partial charge in [0.1, 0.15) is 0 Å². The summed E-state index contributed by atoms with van der Waals surface area (Å²) in [7, 11) is 0. The van der Waals surface area contributed by atoms with Crippen LogP contribution < -0.4 is 5.32 Å². The van der Waals surface area contributed by atoms with Gasteiger partial charge in [-0.25, -0.2) is 0 Å². The molecule has 1 unspecified atom stereocenters. The maximum absolute atomic E-state index is 6.29. The second-order valence-electron chi connectivity index (χ2n) is 5.15. The van der Waals surface area contributed by atoms with Crippen LogP contribution in [0.25, 0.3) is 0 Å². The Morgan fingerprint density at radius 3 is 2.70 bits per heavy atom. The van der Waals surface area contributed by atoms with Crippen LogP contribution in [0.4, 0.5) is 0 Å². The fourth-order valence-electron chi connectivity index (χ4n) is 2.39.